The quantitative estimate of drug-likeness (QED) is 0.644. The molecule has 1 aliphatic carbocycles. The Bertz CT molecular complexity index is 1190. The highest BCUT2D eigenvalue weighted by Crippen LogP contribution is 2.33. The number of rotatable bonds is 6. The summed E-state index contributed by atoms with van der Waals surface area (Å²) in [5.41, 5.74) is 2.93. The summed E-state index contributed by atoms with van der Waals surface area (Å²) in [6.45, 7) is 2.78. The van der Waals surface area contributed by atoms with Gasteiger partial charge in [-0.05, 0) is 63.0 Å². The van der Waals surface area contributed by atoms with Crippen molar-refractivity contribution in [3.8, 4) is 22.9 Å². The summed E-state index contributed by atoms with van der Waals surface area (Å²) in [7, 11) is 2.14. The normalized spacial score (nSPS) is 18.9. The van der Waals surface area contributed by atoms with Crippen molar-refractivity contribution in [3.63, 3.8) is 0 Å². The van der Waals surface area contributed by atoms with Crippen molar-refractivity contribution < 1.29 is 9.53 Å². The molecule has 8 heteroatoms. The molecule has 1 N–H and O–H groups in total. The van der Waals surface area contributed by atoms with Gasteiger partial charge in [0.15, 0.2) is 5.82 Å². The van der Waals surface area contributed by atoms with E-state index in [-0.39, 0.29) is 11.8 Å². The van der Waals surface area contributed by atoms with Gasteiger partial charge in [-0.25, -0.2) is 9.50 Å². The lowest BCUT2D eigenvalue weighted by molar-refractivity contribution is -0.117. The molecule has 0 aromatic carbocycles. The van der Waals surface area contributed by atoms with Gasteiger partial charge in [0.05, 0.1) is 18.3 Å². The third-order valence-corrected chi connectivity index (χ3v) is 6.15. The fraction of sp³-hybridized carbons (Fsp3) is 0.417. The zero-order valence-electron chi connectivity index (χ0n) is 18.1. The van der Waals surface area contributed by atoms with Crippen LogP contribution in [0.15, 0.2) is 36.7 Å². The van der Waals surface area contributed by atoms with E-state index in [4.69, 9.17) is 4.74 Å². The number of anilines is 1. The Labute approximate surface area is 186 Å². The van der Waals surface area contributed by atoms with Gasteiger partial charge in [-0.1, -0.05) is 0 Å². The Morgan fingerprint density at radius 2 is 2.19 bits per heavy atom. The van der Waals surface area contributed by atoms with E-state index < -0.39 is 0 Å². The van der Waals surface area contributed by atoms with E-state index in [1.807, 2.05) is 24.4 Å². The zero-order valence-corrected chi connectivity index (χ0v) is 18.1. The lowest BCUT2D eigenvalue weighted by atomic mass is 9.99. The number of fused-ring (bicyclic) bond motifs is 1. The minimum Gasteiger partial charge on any atom is -0.491 e. The number of piperidine rings is 1. The average molecular weight is 431 g/mol. The Morgan fingerprint density at radius 1 is 1.31 bits per heavy atom. The van der Waals surface area contributed by atoms with E-state index in [0.29, 0.717) is 29.8 Å². The molecule has 1 amide bonds. The lowest BCUT2D eigenvalue weighted by Crippen LogP contribution is -2.34. The lowest BCUT2D eigenvalue weighted by Gasteiger charge is -2.29. The van der Waals surface area contributed by atoms with Gasteiger partial charge in [0.1, 0.15) is 17.5 Å². The number of hydrogen-bond donors (Lipinski definition) is 1. The second kappa shape index (κ2) is 8.60. The number of nitrogens with one attached hydrogen (secondary N) is 1. The van der Waals surface area contributed by atoms with Gasteiger partial charge >= 0.3 is 0 Å². The Hall–Kier alpha value is -3.44. The van der Waals surface area contributed by atoms with Crippen LogP contribution >= 0.6 is 0 Å². The zero-order chi connectivity index (χ0) is 22.1. The topological polar surface area (TPSA) is 95.6 Å². The van der Waals surface area contributed by atoms with Crippen LogP contribution in [0.2, 0.25) is 0 Å². The first-order chi connectivity index (χ1) is 15.6. The summed E-state index contributed by atoms with van der Waals surface area (Å²) < 4.78 is 7.94. The molecule has 5 rings (SSSR count). The van der Waals surface area contributed by atoms with Crippen LogP contribution in [0.25, 0.3) is 16.6 Å². The second-order valence-corrected chi connectivity index (χ2v) is 8.84. The first-order valence-electron chi connectivity index (χ1n) is 11.1. The summed E-state index contributed by atoms with van der Waals surface area (Å²) in [5.74, 6) is 1.85. The summed E-state index contributed by atoms with van der Waals surface area (Å²) in [6.07, 6.45) is 7.73. The van der Waals surface area contributed by atoms with E-state index in [1.165, 1.54) is 6.42 Å². The van der Waals surface area contributed by atoms with Gasteiger partial charge in [0.25, 0.3) is 0 Å². The maximum Gasteiger partial charge on any atom is 0.228 e. The van der Waals surface area contributed by atoms with Gasteiger partial charge in [-0.2, -0.15) is 10.4 Å². The fourth-order valence-corrected chi connectivity index (χ4v) is 4.26. The summed E-state index contributed by atoms with van der Waals surface area (Å²) in [4.78, 5) is 18.6. The van der Waals surface area contributed by atoms with E-state index in [1.54, 1.807) is 16.8 Å². The molecule has 0 bridgehead atoms. The highest BCUT2D eigenvalue weighted by Gasteiger charge is 2.30. The number of carbonyl (C=O) groups excluding carboxylic acids is 1. The molecule has 32 heavy (non-hydrogen) atoms. The summed E-state index contributed by atoms with van der Waals surface area (Å²) in [5, 5.41) is 16.7. The minimum absolute atomic E-state index is 0.0328. The monoisotopic (exact) mass is 430 g/mol. The van der Waals surface area contributed by atoms with E-state index in [2.05, 4.69) is 33.4 Å². The van der Waals surface area contributed by atoms with Gasteiger partial charge in [-0.3, -0.25) is 4.79 Å². The van der Waals surface area contributed by atoms with Crippen molar-refractivity contribution in [2.45, 2.75) is 25.7 Å². The molecule has 2 fully saturated rings. The summed E-state index contributed by atoms with van der Waals surface area (Å²) in [6, 6.07) is 9.65. The first kappa shape index (κ1) is 20.5. The molecule has 1 aliphatic heterocycles. The predicted molar refractivity (Wildman–Crippen MR) is 120 cm³/mol. The Kier molecular flexibility index (Phi) is 5.50. The highest BCUT2D eigenvalue weighted by atomic mass is 16.5. The first-order valence-corrected chi connectivity index (χ1v) is 11.1. The molecule has 2 aliphatic rings. The van der Waals surface area contributed by atoms with Crippen LogP contribution in [0.1, 0.15) is 31.4 Å². The maximum absolute atomic E-state index is 12.1. The van der Waals surface area contributed by atoms with Crippen LogP contribution in [-0.2, 0) is 4.79 Å². The molecule has 8 nitrogen and oxygen atoms in total. The molecule has 0 unspecified atom stereocenters. The molecule has 3 aromatic rings. The number of ether oxygens (including phenoxy) is 1. The van der Waals surface area contributed by atoms with Crippen molar-refractivity contribution >= 4 is 17.2 Å². The van der Waals surface area contributed by atoms with Crippen LogP contribution in [0.5, 0.6) is 5.75 Å². The van der Waals surface area contributed by atoms with Crippen molar-refractivity contribution in [2.24, 2.45) is 11.8 Å². The summed E-state index contributed by atoms with van der Waals surface area (Å²) >= 11 is 0. The van der Waals surface area contributed by atoms with Gasteiger partial charge in [0.2, 0.25) is 5.91 Å². The Morgan fingerprint density at radius 3 is 2.97 bits per heavy atom. The number of amides is 1. The van der Waals surface area contributed by atoms with Crippen LogP contribution < -0.4 is 10.1 Å². The number of aromatic nitrogens is 3. The van der Waals surface area contributed by atoms with Crippen molar-refractivity contribution in [1.29, 1.82) is 5.26 Å². The molecule has 1 saturated carbocycles. The smallest absolute Gasteiger partial charge is 0.228 e. The van der Waals surface area contributed by atoms with Gasteiger partial charge < -0.3 is 15.0 Å². The standard InChI is InChI=1S/C24H26N6O2/c1-29-7-2-3-16(14-29)15-32-22-13-26-19(12-25)10-21(22)18-6-8-30-20(9-18)11-23(28-30)27-24(31)17-4-5-17/h6,8-11,13,16-17H,2-5,7,14-15H2,1H3,(H,27,28,31)/t16-/m1/s1. The third kappa shape index (κ3) is 4.43. The van der Waals surface area contributed by atoms with Crippen LogP contribution in [0.4, 0.5) is 5.82 Å². The molecule has 164 valence electrons. The van der Waals surface area contributed by atoms with E-state index >= 15 is 0 Å². The van der Waals surface area contributed by atoms with Crippen LogP contribution in [0.3, 0.4) is 0 Å². The number of likely N-dealkylation sites (tertiary alicyclic amines) is 1. The number of pyridine rings is 2. The molecular formula is C24H26N6O2. The average Bonchev–Trinajstić information content (AvgIpc) is 3.58. The maximum atomic E-state index is 12.1. The SMILES string of the molecule is CN1CCC[C@@H](COc2cnc(C#N)cc2-c2ccn3nc(NC(=O)C4CC4)cc3c2)C1. The van der Waals surface area contributed by atoms with Gasteiger partial charge in [0, 0.05) is 36.2 Å². The van der Waals surface area contributed by atoms with Crippen LogP contribution in [0, 0.1) is 23.2 Å². The highest BCUT2D eigenvalue weighted by molar-refractivity contribution is 5.93. The molecule has 1 saturated heterocycles. The van der Waals surface area contributed by atoms with Crippen LogP contribution in [-0.4, -0.2) is 52.1 Å². The predicted octanol–water partition coefficient (Wildman–Crippen LogP) is 3.34. The number of carbonyl (C=O) groups is 1. The third-order valence-electron chi connectivity index (χ3n) is 6.15. The molecular weight excluding hydrogens is 404 g/mol. The molecule has 1 atom stereocenters. The second-order valence-electron chi connectivity index (χ2n) is 8.84. The molecule has 0 radical (unpaired) electrons. The molecule has 4 heterocycles. The van der Waals surface area contributed by atoms with E-state index in [0.717, 1.165) is 49.0 Å². The van der Waals surface area contributed by atoms with Crippen molar-refractivity contribution in [3.05, 3.63) is 42.4 Å². The Balaban J connectivity index is 1.40. The fourth-order valence-electron chi connectivity index (χ4n) is 4.26. The molecule has 3 aromatic heterocycles. The number of nitrogens with zero attached hydrogens (tertiary/aromatic N) is 5. The van der Waals surface area contributed by atoms with Gasteiger partial charge in [-0.15, -0.1) is 0 Å². The van der Waals surface area contributed by atoms with Crippen molar-refractivity contribution in [1.82, 2.24) is 19.5 Å². The number of hydrogen-bond acceptors (Lipinski definition) is 6. The number of nitriles is 1. The molecule has 0 spiro atoms. The van der Waals surface area contributed by atoms with Crippen molar-refractivity contribution in [2.75, 3.05) is 32.1 Å². The largest absolute Gasteiger partial charge is 0.491 e. The van der Waals surface area contributed by atoms with E-state index in [9.17, 15) is 10.1 Å². The minimum atomic E-state index is 0.0328.